The minimum Gasteiger partial charge on any atom is -0.480 e. The zero-order chi connectivity index (χ0) is 13.9. The number of hydrogen-bond donors (Lipinski definition) is 2. The largest absolute Gasteiger partial charge is 0.480 e. The van der Waals surface area contributed by atoms with Gasteiger partial charge in [-0.2, -0.15) is 0 Å². The van der Waals surface area contributed by atoms with Gasteiger partial charge in [0.1, 0.15) is 11.9 Å². The summed E-state index contributed by atoms with van der Waals surface area (Å²) in [5.41, 5.74) is 0.237. The van der Waals surface area contributed by atoms with Crippen LogP contribution in [0.4, 0.5) is 4.39 Å². The third-order valence-electron chi connectivity index (χ3n) is 2.07. The highest BCUT2D eigenvalue weighted by molar-refractivity contribution is 9.10. The molecule has 1 aromatic carbocycles. The van der Waals surface area contributed by atoms with E-state index < -0.39 is 33.6 Å². The van der Waals surface area contributed by atoms with E-state index in [-0.39, 0.29) is 10.0 Å². The minimum atomic E-state index is -3.82. The summed E-state index contributed by atoms with van der Waals surface area (Å²) < 4.78 is 38.6. The van der Waals surface area contributed by atoms with Gasteiger partial charge in [0, 0.05) is 0 Å². The zero-order valence-electron chi connectivity index (χ0n) is 9.35. The zero-order valence-corrected chi connectivity index (χ0v) is 11.8. The van der Waals surface area contributed by atoms with E-state index >= 15 is 0 Å². The van der Waals surface area contributed by atoms with Gasteiger partial charge in [-0.05, 0) is 40.5 Å². The number of benzene rings is 1. The molecule has 0 unspecified atom stereocenters. The van der Waals surface area contributed by atoms with Gasteiger partial charge < -0.3 is 5.11 Å². The molecule has 0 aliphatic carbocycles. The van der Waals surface area contributed by atoms with E-state index in [0.717, 1.165) is 6.07 Å². The number of aliphatic carboxylic acids is 1. The van der Waals surface area contributed by atoms with Crippen LogP contribution < -0.4 is 4.72 Å². The molecule has 0 aliphatic heterocycles. The lowest BCUT2D eigenvalue weighted by Crippen LogP contribution is -2.38. The molecule has 0 radical (unpaired) electrons. The predicted molar refractivity (Wildman–Crippen MR) is 67.0 cm³/mol. The monoisotopic (exact) mass is 339 g/mol. The lowest BCUT2D eigenvalue weighted by atomic mass is 10.2. The molecule has 0 heterocycles. The van der Waals surface area contributed by atoms with Gasteiger partial charge in [-0.15, -0.1) is 0 Å². The molecular weight excluding hydrogens is 329 g/mol. The number of carboxylic acid groups (broad SMARTS) is 1. The van der Waals surface area contributed by atoms with Crippen molar-refractivity contribution >= 4 is 31.9 Å². The number of carbonyl (C=O) groups is 1. The Hall–Kier alpha value is -0.990. The Morgan fingerprint density at radius 2 is 2.17 bits per heavy atom. The number of halogens is 2. The van der Waals surface area contributed by atoms with Crippen LogP contribution in [0, 0.1) is 5.82 Å². The van der Waals surface area contributed by atoms with Crippen molar-refractivity contribution < 1.29 is 22.7 Å². The van der Waals surface area contributed by atoms with Crippen LogP contribution >= 0.6 is 15.9 Å². The van der Waals surface area contributed by atoms with Gasteiger partial charge in [-0.25, -0.2) is 17.5 Å². The first kappa shape index (κ1) is 15.1. The highest BCUT2D eigenvalue weighted by Gasteiger charge is 2.20. The van der Waals surface area contributed by atoms with E-state index in [1.807, 2.05) is 4.72 Å². The number of sulfonamides is 1. The molecule has 1 aromatic rings. The minimum absolute atomic E-state index is 0.232. The first-order valence-electron chi connectivity index (χ1n) is 4.88. The summed E-state index contributed by atoms with van der Waals surface area (Å²) in [4.78, 5) is 10.5. The number of nitrogens with one attached hydrogen (secondary N) is 1. The summed E-state index contributed by atoms with van der Waals surface area (Å²) >= 11 is 2.95. The van der Waals surface area contributed by atoms with E-state index in [1.165, 1.54) is 19.1 Å². The summed E-state index contributed by atoms with van der Waals surface area (Å²) in [6.07, 6.45) is 0. The first-order chi connectivity index (χ1) is 8.21. The average Bonchev–Trinajstić information content (AvgIpc) is 2.22. The maximum absolute atomic E-state index is 13.2. The molecule has 5 nitrogen and oxygen atoms in total. The lowest BCUT2D eigenvalue weighted by Gasteiger charge is -2.10. The smallest absolute Gasteiger partial charge is 0.321 e. The van der Waals surface area contributed by atoms with Crippen molar-refractivity contribution in [2.24, 2.45) is 0 Å². The normalized spacial score (nSPS) is 13.3. The van der Waals surface area contributed by atoms with E-state index in [1.54, 1.807) is 0 Å². The number of carboxylic acids is 1. The van der Waals surface area contributed by atoms with Gasteiger partial charge in [0.2, 0.25) is 10.0 Å². The van der Waals surface area contributed by atoms with Crippen LogP contribution in [-0.4, -0.2) is 25.5 Å². The Balaban J connectivity index is 2.82. The molecule has 1 atom stereocenters. The highest BCUT2D eigenvalue weighted by atomic mass is 79.9. The summed E-state index contributed by atoms with van der Waals surface area (Å²) in [6, 6.07) is 2.68. The predicted octanol–water partition coefficient (Wildman–Crippen LogP) is 1.48. The van der Waals surface area contributed by atoms with E-state index in [2.05, 4.69) is 15.9 Å². The van der Waals surface area contributed by atoms with Crippen LogP contribution in [-0.2, 0) is 20.6 Å². The molecule has 0 bridgehead atoms. The van der Waals surface area contributed by atoms with Crippen LogP contribution in [0.15, 0.2) is 22.7 Å². The second kappa shape index (κ2) is 5.77. The molecule has 0 fully saturated rings. The Morgan fingerprint density at radius 1 is 1.56 bits per heavy atom. The van der Waals surface area contributed by atoms with Crippen LogP contribution in [0.25, 0.3) is 0 Å². The topological polar surface area (TPSA) is 83.5 Å². The van der Waals surface area contributed by atoms with E-state index in [9.17, 15) is 17.6 Å². The average molecular weight is 340 g/mol. The number of rotatable bonds is 5. The number of hydrogen-bond acceptors (Lipinski definition) is 3. The van der Waals surface area contributed by atoms with Crippen LogP contribution in [0.3, 0.4) is 0 Å². The van der Waals surface area contributed by atoms with Gasteiger partial charge in [0.25, 0.3) is 0 Å². The fraction of sp³-hybridized carbons (Fsp3) is 0.300. The summed E-state index contributed by atoms with van der Waals surface area (Å²) in [5, 5.41) is 8.60. The molecule has 0 amide bonds. The van der Waals surface area contributed by atoms with Crippen LogP contribution in [0.5, 0.6) is 0 Å². The first-order valence-corrected chi connectivity index (χ1v) is 7.32. The lowest BCUT2D eigenvalue weighted by molar-refractivity contribution is -0.138. The second-order valence-corrected chi connectivity index (χ2v) is 6.29. The molecule has 1 rings (SSSR count). The van der Waals surface area contributed by atoms with Gasteiger partial charge in [0.05, 0.1) is 10.2 Å². The summed E-state index contributed by atoms with van der Waals surface area (Å²) in [6.45, 7) is 1.21. The standard InChI is InChI=1S/C10H11BrFNO4S/c1-6(10(14)15)13-18(16,17)5-7-2-3-8(11)9(12)4-7/h2-4,6,13H,5H2,1H3,(H,14,15)/t6-/m0/s1. The summed E-state index contributed by atoms with van der Waals surface area (Å²) in [7, 11) is -3.82. The fourth-order valence-corrected chi connectivity index (χ4v) is 2.80. The van der Waals surface area contributed by atoms with Crippen molar-refractivity contribution in [2.75, 3.05) is 0 Å². The van der Waals surface area contributed by atoms with Gasteiger partial charge in [0.15, 0.2) is 0 Å². The Kier molecular flexibility index (Phi) is 4.83. The second-order valence-electron chi connectivity index (χ2n) is 3.69. The maximum Gasteiger partial charge on any atom is 0.321 e. The van der Waals surface area contributed by atoms with Gasteiger partial charge in [-0.1, -0.05) is 6.07 Å². The molecule has 0 saturated heterocycles. The van der Waals surface area contributed by atoms with Crippen molar-refractivity contribution in [3.05, 3.63) is 34.1 Å². The van der Waals surface area contributed by atoms with Crippen molar-refractivity contribution in [1.82, 2.24) is 4.72 Å². The Labute approximate surface area is 112 Å². The van der Waals surface area contributed by atoms with Gasteiger partial charge >= 0.3 is 5.97 Å². The molecular formula is C10H11BrFNO4S. The molecule has 100 valence electrons. The Bertz CT molecular complexity index is 561. The van der Waals surface area contributed by atoms with Crippen molar-refractivity contribution in [3.63, 3.8) is 0 Å². The third-order valence-corrected chi connectivity index (χ3v) is 4.14. The Morgan fingerprint density at radius 3 is 2.67 bits per heavy atom. The SMILES string of the molecule is C[C@H](NS(=O)(=O)Cc1ccc(Br)c(F)c1)C(=O)O. The van der Waals surface area contributed by atoms with Gasteiger partial charge in [-0.3, -0.25) is 4.79 Å². The molecule has 18 heavy (non-hydrogen) atoms. The molecule has 2 N–H and O–H groups in total. The van der Waals surface area contributed by atoms with Crippen molar-refractivity contribution in [2.45, 2.75) is 18.7 Å². The molecule has 0 saturated carbocycles. The maximum atomic E-state index is 13.2. The van der Waals surface area contributed by atoms with Crippen molar-refractivity contribution in [3.8, 4) is 0 Å². The quantitative estimate of drug-likeness (QED) is 0.851. The summed E-state index contributed by atoms with van der Waals surface area (Å²) in [5.74, 6) is -2.33. The van der Waals surface area contributed by atoms with Crippen molar-refractivity contribution in [1.29, 1.82) is 0 Å². The molecule has 8 heteroatoms. The molecule has 0 spiro atoms. The van der Waals surface area contributed by atoms with Crippen LogP contribution in [0.2, 0.25) is 0 Å². The fourth-order valence-electron chi connectivity index (χ4n) is 1.21. The van der Waals surface area contributed by atoms with Crippen LogP contribution in [0.1, 0.15) is 12.5 Å². The van der Waals surface area contributed by atoms with E-state index in [0.29, 0.717) is 0 Å². The molecule has 0 aromatic heterocycles. The highest BCUT2D eigenvalue weighted by Crippen LogP contribution is 2.17. The third kappa shape index (κ3) is 4.35. The van der Waals surface area contributed by atoms with E-state index in [4.69, 9.17) is 5.11 Å². The molecule has 0 aliphatic rings.